The quantitative estimate of drug-likeness (QED) is 0.829. The second kappa shape index (κ2) is 5.62. The average molecular weight is 349 g/mol. The Labute approximate surface area is 119 Å². The third-order valence-corrected chi connectivity index (χ3v) is 3.55. The zero-order valence-corrected chi connectivity index (χ0v) is 11.7. The topological polar surface area (TPSA) is 62.2 Å². The highest BCUT2D eigenvalue weighted by molar-refractivity contribution is 9.10. The van der Waals surface area contributed by atoms with E-state index in [4.69, 9.17) is 5.11 Å². The fraction of sp³-hybridized carbons (Fsp3) is 0.0909. The van der Waals surface area contributed by atoms with Gasteiger partial charge in [-0.15, -0.1) is 11.3 Å². The highest BCUT2D eigenvalue weighted by Crippen LogP contribution is 2.27. The van der Waals surface area contributed by atoms with Gasteiger partial charge in [-0.05, 0) is 22.0 Å². The molecule has 0 atom stereocenters. The van der Waals surface area contributed by atoms with E-state index in [9.17, 15) is 13.6 Å². The van der Waals surface area contributed by atoms with E-state index >= 15 is 0 Å². The third-order valence-electron chi connectivity index (χ3n) is 2.14. The smallest absolute Gasteiger partial charge is 0.309 e. The van der Waals surface area contributed by atoms with Gasteiger partial charge in [0.2, 0.25) is 0 Å². The van der Waals surface area contributed by atoms with E-state index in [0.29, 0.717) is 10.8 Å². The first kappa shape index (κ1) is 13.9. The summed E-state index contributed by atoms with van der Waals surface area (Å²) in [5.74, 6) is -2.24. The summed E-state index contributed by atoms with van der Waals surface area (Å²) in [5.41, 5.74) is 0.301. The lowest BCUT2D eigenvalue weighted by Gasteiger charge is -2.05. The van der Waals surface area contributed by atoms with Gasteiger partial charge in [-0.1, -0.05) is 0 Å². The van der Waals surface area contributed by atoms with Crippen LogP contribution in [0.3, 0.4) is 0 Å². The molecule has 2 rings (SSSR count). The van der Waals surface area contributed by atoms with Crippen LogP contribution in [0, 0.1) is 11.6 Å². The summed E-state index contributed by atoms with van der Waals surface area (Å²) in [7, 11) is 0. The monoisotopic (exact) mass is 348 g/mol. The van der Waals surface area contributed by atoms with Crippen LogP contribution < -0.4 is 5.32 Å². The number of aliphatic carboxylic acids is 1. The van der Waals surface area contributed by atoms with Gasteiger partial charge in [0.15, 0.2) is 5.13 Å². The first-order valence-electron chi connectivity index (χ1n) is 5.03. The molecule has 8 heteroatoms. The van der Waals surface area contributed by atoms with E-state index < -0.39 is 17.6 Å². The summed E-state index contributed by atoms with van der Waals surface area (Å²) >= 11 is 3.99. The Balaban J connectivity index is 2.19. The molecular weight excluding hydrogens is 342 g/mol. The maximum atomic E-state index is 13.6. The summed E-state index contributed by atoms with van der Waals surface area (Å²) in [6.45, 7) is 0. The maximum Gasteiger partial charge on any atom is 0.309 e. The molecule has 0 fully saturated rings. The van der Waals surface area contributed by atoms with E-state index in [1.54, 1.807) is 5.38 Å². The number of anilines is 2. The fourth-order valence-electron chi connectivity index (χ4n) is 1.33. The summed E-state index contributed by atoms with van der Waals surface area (Å²) in [6, 6.07) is 2.00. The Morgan fingerprint density at radius 1 is 1.42 bits per heavy atom. The molecule has 0 amide bonds. The number of hydrogen-bond donors (Lipinski definition) is 2. The van der Waals surface area contributed by atoms with Crippen LogP contribution in [0.25, 0.3) is 0 Å². The maximum absolute atomic E-state index is 13.6. The number of nitrogens with one attached hydrogen (secondary N) is 1. The number of carbonyl (C=O) groups is 1. The molecule has 2 N–H and O–H groups in total. The highest BCUT2D eigenvalue weighted by Gasteiger charge is 2.11. The van der Waals surface area contributed by atoms with E-state index in [1.807, 2.05) is 0 Å². The van der Waals surface area contributed by atoms with Crippen LogP contribution in [0.5, 0.6) is 0 Å². The van der Waals surface area contributed by atoms with Crippen molar-refractivity contribution in [3.05, 3.63) is 39.3 Å². The molecule has 4 nitrogen and oxygen atoms in total. The van der Waals surface area contributed by atoms with Crippen LogP contribution in [0.15, 0.2) is 22.0 Å². The van der Waals surface area contributed by atoms with Gasteiger partial charge < -0.3 is 10.4 Å². The van der Waals surface area contributed by atoms with Gasteiger partial charge >= 0.3 is 5.97 Å². The van der Waals surface area contributed by atoms with Crippen LogP contribution in [-0.4, -0.2) is 16.1 Å². The Morgan fingerprint density at radius 2 is 2.16 bits per heavy atom. The molecule has 0 spiro atoms. The summed E-state index contributed by atoms with van der Waals surface area (Å²) in [4.78, 5) is 14.5. The molecule has 100 valence electrons. The Kier molecular flexibility index (Phi) is 4.11. The minimum absolute atomic E-state index is 0.0289. The van der Waals surface area contributed by atoms with Crippen molar-refractivity contribution in [1.82, 2.24) is 4.98 Å². The summed E-state index contributed by atoms with van der Waals surface area (Å²) in [6.07, 6.45) is -0.213. The van der Waals surface area contributed by atoms with Gasteiger partial charge in [-0.3, -0.25) is 4.79 Å². The average Bonchev–Trinajstić information content (AvgIpc) is 2.72. The number of rotatable bonds is 4. The number of nitrogens with zero attached hydrogens (tertiary/aromatic N) is 1. The molecule has 0 unspecified atom stereocenters. The molecule has 0 saturated carbocycles. The van der Waals surface area contributed by atoms with Crippen LogP contribution in [0.2, 0.25) is 0 Å². The molecule has 0 aliphatic carbocycles. The number of hydrogen-bond acceptors (Lipinski definition) is 4. The minimum atomic E-state index is -1.00. The Bertz CT molecular complexity index is 633. The fourth-order valence-corrected chi connectivity index (χ4v) is 2.37. The first-order chi connectivity index (χ1) is 8.95. The SMILES string of the molecule is O=C(O)Cc1csc(Nc2cc(F)c(Br)cc2F)n1. The van der Waals surface area contributed by atoms with Gasteiger partial charge in [-0.25, -0.2) is 13.8 Å². The minimum Gasteiger partial charge on any atom is -0.481 e. The number of thiazole rings is 1. The highest BCUT2D eigenvalue weighted by atomic mass is 79.9. The van der Waals surface area contributed by atoms with E-state index in [-0.39, 0.29) is 16.6 Å². The molecule has 1 aromatic carbocycles. The van der Waals surface area contributed by atoms with Crippen molar-refractivity contribution in [3.63, 3.8) is 0 Å². The largest absolute Gasteiger partial charge is 0.481 e. The molecule has 0 aliphatic rings. The second-order valence-electron chi connectivity index (χ2n) is 3.59. The van der Waals surface area contributed by atoms with Crippen molar-refractivity contribution in [2.45, 2.75) is 6.42 Å². The van der Waals surface area contributed by atoms with E-state index in [1.165, 1.54) is 0 Å². The number of carboxylic acid groups (broad SMARTS) is 1. The number of halogens is 3. The summed E-state index contributed by atoms with van der Waals surface area (Å²) < 4.78 is 26.9. The molecule has 0 radical (unpaired) electrons. The lowest BCUT2D eigenvalue weighted by Crippen LogP contribution is -2.00. The molecule has 0 bridgehead atoms. The lowest BCUT2D eigenvalue weighted by molar-refractivity contribution is -0.136. The molecule has 0 saturated heterocycles. The van der Waals surface area contributed by atoms with Crippen molar-refractivity contribution < 1.29 is 18.7 Å². The molecule has 0 aliphatic heterocycles. The molecule has 19 heavy (non-hydrogen) atoms. The Hall–Kier alpha value is -1.54. The normalized spacial score (nSPS) is 10.5. The van der Waals surface area contributed by atoms with Crippen LogP contribution in [0.4, 0.5) is 19.6 Å². The van der Waals surface area contributed by atoms with Crippen LogP contribution in [0.1, 0.15) is 5.69 Å². The number of benzene rings is 1. The molecule has 1 aromatic heterocycles. The predicted molar refractivity (Wildman–Crippen MR) is 70.8 cm³/mol. The number of aromatic nitrogens is 1. The molecule has 2 aromatic rings. The third kappa shape index (κ3) is 3.48. The zero-order chi connectivity index (χ0) is 14.0. The standard InChI is InChI=1S/C11H7BrF2N2O2S/c12-6-2-8(14)9(3-7(6)13)16-11-15-5(4-19-11)1-10(17)18/h2-4H,1H2,(H,15,16)(H,17,18). The van der Waals surface area contributed by atoms with E-state index in [0.717, 1.165) is 23.5 Å². The van der Waals surface area contributed by atoms with E-state index in [2.05, 4.69) is 26.2 Å². The van der Waals surface area contributed by atoms with Crippen molar-refractivity contribution in [1.29, 1.82) is 0 Å². The summed E-state index contributed by atoms with van der Waals surface area (Å²) in [5, 5.41) is 13.1. The van der Waals surface area contributed by atoms with Crippen molar-refractivity contribution in [2.75, 3.05) is 5.32 Å². The van der Waals surface area contributed by atoms with Crippen LogP contribution in [-0.2, 0) is 11.2 Å². The van der Waals surface area contributed by atoms with Gasteiger partial charge in [0.05, 0.1) is 22.3 Å². The first-order valence-corrected chi connectivity index (χ1v) is 6.70. The number of carboxylic acids is 1. The molecular formula is C11H7BrF2N2O2S. The van der Waals surface area contributed by atoms with Crippen LogP contribution >= 0.6 is 27.3 Å². The van der Waals surface area contributed by atoms with Crippen molar-refractivity contribution in [3.8, 4) is 0 Å². The lowest BCUT2D eigenvalue weighted by atomic mass is 10.3. The van der Waals surface area contributed by atoms with Gasteiger partial charge in [0, 0.05) is 11.4 Å². The predicted octanol–water partition coefficient (Wildman–Crippen LogP) is 3.55. The second-order valence-corrected chi connectivity index (χ2v) is 5.30. The van der Waals surface area contributed by atoms with Crippen molar-refractivity contribution >= 4 is 44.1 Å². The zero-order valence-electron chi connectivity index (χ0n) is 9.28. The van der Waals surface area contributed by atoms with Gasteiger partial charge in [0.1, 0.15) is 11.6 Å². The van der Waals surface area contributed by atoms with Crippen molar-refractivity contribution in [2.24, 2.45) is 0 Å². The molecule has 1 heterocycles. The van der Waals surface area contributed by atoms with Gasteiger partial charge in [0.25, 0.3) is 0 Å². The van der Waals surface area contributed by atoms with Gasteiger partial charge in [-0.2, -0.15) is 0 Å². The Morgan fingerprint density at radius 3 is 2.84 bits per heavy atom.